The molecule has 2 aliphatic rings. The molecule has 1 aliphatic heterocycles. The Kier molecular flexibility index (Phi) is 4.06. The van der Waals surface area contributed by atoms with E-state index in [0.29, 0.717) is 32.7 Å². The van der Waals surface area contributed by atoms with E-state index in [-0.39, 0.29) is 19.3 Å². The first-order valence-corrected chi connectivity index (χ1v) is 6.49. The molecule has 0 radical (unpaired) electrons. The maximum Gasteiger partial charge on any atom is 0.391 e. The zero-order chi connectivity index (χ0) is 14.1. The van der Waals surface area contributed by atoms with Crippen LogP contribution in [0.1, 0.15) is 25.7 Å². The van der Waals surface area contributed by atoms with E-state index in [0.717, 1.165) is 0 Å². The van der Waals surface area contributed by atoms with E-state index < -0.39 is 23.6 Å². The van der Waals surface area contributed by atoms with E-state index in [2.05, 4.69) is 0 Å². The summed E-state index contributed by atoms with van der Waals surface area (Å²) in [4.78, 5) is 13.3. The van der Waals surface area contributed by atoms with Gasteiger partial charge in [0.25, 0.3) is 0 Å². The summed E-state index contributed by atoms with van der Waals surface area (Å²) in [5, 5.41) is 9.47. The first-order chi connectivity index (χ1) is 8.86. The highest BCUT2D eigenvalue weighted by Crippen LogP contribution is 2.44. The summed E-state index contributed by atoms with van der Waals surface area (Å²) < 4.78 is 43.8. The summed E-state index contributed by atoms with van der Waals surface area (Å²) in [7, 11) is 0. The Morgan fingerprint density at radius 3 is 2.47 bits per heavy atom. The highest BCUT2D eigenvalue weighted by atomic mass is 19.4. The number of aliphatic carboxylic acids is 1. The molecular formula is C12H18F3NO3. The molecule has 0 amide bonds. The van der Waals surface area contributed by atoms with Gasteiger partial charge in [-0.3, -0.25) is 9.69 Å². The largest absolute Gasteiger partial charge is 0.480 e. The summed E-state index contributed by atoms with van der Waals surface area (Å²) in [6, 6.07) is 0. The molecule has 7 heteroatoms. The van der Waals surface area contributed by atoms with Gasteiger partial charge in [-0.2, -0.15) is 13.2 Å². The predicted molar refractivity (Wildman–Crippen MR) is 60.8 cm³/mol. The van der Waals surface area contributed by atoms with Crippen molar-refractivity contribution in [3.05, 3.63) is 0 Å². The zero-order valence-corrected chi connectivity index (χ0v) is 10.6. The van der Waals surface area contributed by atoms with Gasteiger partial charge in [0.2, 0.25) is 0 Å². The lowest BCUT2D eigenvalue weighted by atomic mass is 9.74. The van der Waals surface area contributed by atoms with Gasteiger partial charge in [0, 0.05) is 13.1 Å². The minimum Gasteiger partial charge on any atom is -0.480 e. The first kappa shape index (κ1) is 14.6. The van der Waals surface area contributed by atoms with Gasteiger partial charge in [0.15, 0.2) is 0 Å². The molecule has 1 saturated carbocycles. The summed E-state index contributed by atoms with van der Waals surface area (Å²) in [5.74, 6) is -2.65. The maximum absolute atomic E-state index is 12.9. The lowest BCUT2D eigenvalue weighted by molar-refractivity contribution is -0.201. The van der Waals surface area contributed by atoms with Gasteiger partial charge in [-0.05, 0) is 19.3 Å². The molecule has 0 aromatic heterocycles. The first-order valence-electron chi connectivity index (χ1n) is 6.49. The van der Waals surface area contributed by atoms with Crippen molar-refractivity contribution in [2.45, 2.75) is 37.4 Å². The third-order valence-electron chi connectivity index (χ3n) is 4.20. The number of alkyl halides is 3. The molecule has 2 fully saturated rings. The topological polar surface area (TPSA) is 49.8 Å². The summed E-state index contributed by atoms with van der Waals surface area (Å²) >= 11 is 0. The monoisotopic (exact) mass is 281 g/mol. The van der Waals surface area contributed by atoms with Crippen LogP contribution in [0.3, 0.4) is 0 Å². The standard InChI is InChI=1S/C12H18F3NO3/c13-12(14,15)9-2-1-3-11(8-9,10(17)18)16-4-6-19-7-5-16/h9H,1-8H2,(H,17,18). The highest BCUT2D eigenvalue weighted by Gasteiger charge is 2.53. The van der Waals surface area contributed by atoms with Crippen molar-refractivity contribution in [2.75, 3.05) is 26.3 Å². The average molecular weight is 281 g/mol. The summed E-state index contributed by atoms with van der Waals surface area (Å²) in [6.07, 6.45) is -4.04. The SMILES string of the molecule is O=C(O)C1(N2CCOCC2)CCCC(C(F)(F)F)C1. The lowest BCUT2D eigenvalue weighted by Gasteiger charge is -2.47. The Morgan fingerprint density at radius 2 is 1.95 bits per heavy atom. The Labute approximate surface area is 109 Å². The fourth-order valence-electron chi connectivity index (χ4n) is 3.14. The van der Waals surface area contributed by atoms with E-state index in [1.807, 2.05) is 0 Å². The number of carboxylic acid groups (broad SMARTS) is 1. The van der Waals surface area contributed by atoms with Crippen LogP contribution in [0.4, 0.5) is 13.2 Å². The number of ether oxygens (including phenoxy) is 1. The van der Waals surface area contributed by atoms with E-state index >= 15 is 0 Å². The molecule has 2 unspecified atom stereocenters. The molecule has 1 heterocycles. The molecule has 110 valence electrons. The number of rotatable bonds is 2. The molecular weight excluding hydrogens is 263 g/mol. The van der Waals surface area contributed by atoms with Crippen LogP contribution in [0.2, 0.25) is 0 Å². The second-order valence-corrected chi connectivity index (χ2v) is 5.27. The Morgan fingerprint density at radius 1 is 1.32 bits per heavy atom. The van der Waals surface area contributed by atoms with E-state index in [9.17, 15) is 23.1 Å². The molecule has 0 spiro atoms. The van der Waals surface area contributed by atoms with Crippen LogP contribution in [0, 0.1) is 5.92 Å². The van der Waals surface area contributed by atoms with Gasteiger partial charge < -0.3 is 9.84 Å². The molecule has 2 atom stereocenters. The van der Waals surface area contributed by atoms with Crippen molar-refractivity contribution in [1.29, 1.82) is 0 Å². The summed E-state index contributed by atoms with van der Waals surface area (Å²) in [6.45, 7) is 1.53. The molecule has 2 rings (SSSR count). The predicted octanol–water partition coefficient (Wildman–Crippen LogP) is 1.89. The van der Waals surface area contributed by atoms with Crippen LogP contribution in [-0.4, -0.2) is 54.0 Å². The smallest absolute Gasteiger partial charge is 0.391 e. The van der Waals surface area contributed by atoms with E-state index in [1.54, 1.807) is 4.90 Å². The molecule has 0 aromatic rings. The van der Waals surface area contributed by atoms with Gasteiger partial charge in [-0.1, -0.05) is 6.42 Å². The van der Waals surface area contributed by atoms with Gasteiger partial charge in [-0.15, -0.1) is 0 Å². The van der Waals surface area contributed by atoms with Crippen molar-refractivity contribution in [2.24, 2.45) is 5.92 Å². The molecule has 0 aromatic carbocycles. The second kappa shape index (κ2) is 5.28. The number of halogens is 3. The van der Waals surface area contributed by atoms with Crippen LogP contribution in [-0.2, 0) is 9.53 Å². The number of hydrogen-bond donors (Lipinski definition) is 1. The van der Waals surface area contributed by atoms with Gasteiger partial charge in [0.1, 0.15) is 5.54 Å². The van der Waals surface area contributed by atoms with Gasteiger partial charge in [-0.25, -0.2) is 0 Å². The highest BCUT2D eigenvalue weighted by molar-refractivity contribution is 5.79. The third-order valence-corrected chi connectivity index (χ3v) is 4.20. The zero-order valence-electron chi connectivity index (χ0n) is 10.6. The Hall–Kier alpha value is -0.820. The molecule has 1 aliphatic carbocycles. The fourth-order valence-corrected chi connectivity index (χ4v) is 3.14. The molecule has 1 N–H and O–H groups in total. The van der Waals surface area contributed by atoms with Crippen LogP contribution in [0.25, 0.3) is 0 Å². The molecule has 4 nitrogen and oxygen atoms in total. The number of nitrogens with zero attached hydrogens (tertiary/aromatic N) is 1. The van der Waals surface area contributed by atoms with Crippen molar-refractivity contribution < 1.29 is 27.8 Å². The fraction of sp³-hybridized carbons (Fsp3) is 0.917. The van der Waals surface area contributed by atoms with Crippen molar-refractivity contribution in [1.82, 2.24) is 4.90 Å². The van der Waals surface area contributed by atoms with Crippen LogP contribution >= 0.6 is 0 Å². The number of carboxylic acids is 1. The van der Waals surface area contributed by atoms with Crippen molar-refractivity contribution in [3.63, 3.8) is 0 Å². The normalized spacial score (nSPS) is 34.2. The third kappa shape index (κ3) is 2.86. The minimum atomic E-state index is -4.31. The average Bonchev–Trinajstić information content (AvgIpc) is 2.38. The number of hydrogen-bond acceptors (Lipinski definition) is 3. The second-order valence-electron chi connectivity index (χ2n) is 5.27. The summed E-state index contributed by atoms with van der Waals surface area (Å²) in [5.41, 5.74) is -1.37. The quantitative estimate of drug-likeness (QED) is 0.840. The van der Waals surface area contributed by atoms with Crippen molar-refractivity contribution >= 4 is 5.97 Å². The Balaban J connectivity index is 2.21. The minimum absolute atomic E-state index is 0.0306. The van der Waals surface area contributed by atoms with Gasteiger partial charge >= 0.3 is 12.1 Å². The van der Waals surface area contributed by atoms with Gasteiger partial charge in [0.05, 0.1) is 19.1 Å². The van der Waals surface area contributed by atoms with Crippen LogP contribution in [0.5, 0.6) is 0 Å². The molecule has 19 heavy (non-hydrogen) atoms. The number of morpholine rings is 1. The molecule has 0 bridgehead atoms. The van der Waals surface area contributed by atoms with Crippen molar-refractivity contribution in [3.8, 4) is 0 Å². The lowest BCUT2D eigenvalue weighted by Crippen LogP contribution is -2.61. The Bertz CT molecular complexity index is 342. The van der Waals surface area contributed by atoms with Crippen LogP contribution < -0.4 is 0 Å². The van der Waals surface area contributed by atoms with Crippen LogP contribution in [0.15, 0.2) is 0 Å². The van der Waals surface area contributed by atoms with E-state index in [1.165, 1.54) is 0 Å². The van der Waals surface area contributed by atoms with E-state index in [4.69, 9.17) is 4.74 Å². The number of carbonyl (C=O) groups is 1. The maximum atomic E-state index is 12.9. The molecule has 1 saturated heterocycles.